The average molecular weight is 445 g/mol. The summed E-state index contributed by atoms with van der Waals surface area (Å²) in [5.41, 5.74) is 1.91. The summed E-state index contributed by atoms with van der Waals surface area (Å²) >= 11 is 1.69. The lowest BCUT2D eigenvalue weighted by atomic mass is 10.1. The van der Waals surface area contributed by atoms with Gasteiger partial charge >= 0.3 is 6.03 Å². The molecule has 2 unspecified atom stereocenters. The van der Waals surface area contributed by atoms with E-state index in [0.29, 0.717) is 13.1 Å². The van der Waals surface area contributed by atoms with Crippen LogP contribution in [-0.4, -0.2) is 67.3 Å². The molecule has 1 aliphatic rings. The maximum absolute atomic E-state index is 13.3. The van der Waals surface area contributed by atoms with E-state index in [0.717, 1.165) is 44.1 Å². The Hall–Kier alpha value is -2.09. The zero-order valence-corrected chi connectivity index (χ0v) is 20.0. The number of carbonyl (C=O) groups excluding carboxylic acids is 1. The standard InChI is InChI=1S/C24H36N4O2S/c1-5-26(6-2)13-14-27(18-21-10-9-15-31-21)24(29)25-22-11-7-8-12-23(22)28-16-19(3)30-20(4)17-28/h7-12,15,19-20H,5-6,13-14,16-18H2,1-4H3,(H,25,29). The molecular formula is C24H36N4O2S. The van der Waals surface area contributed by atoms with E-state index in [-0.39, 0.29) is 18.2 Å². The van der Waals surface area contributed by atoms with Gasteiger partial charge in [-0.1, -0.05) is 32.0 Å². The second-order valence-corrected chi connectivity index (χ2v) is 9.17. The van der Waals surface area contributed by atoms with Crippen LogP contribution in [0.1, 0.15) is 32.6 Å². The van der Waals surface area contributed by atoms with Crippen molar-refractivity contribution in [1.29, 1.82) is 0 Å². The number of urea groups is 1. The molecule has 0 radical (unpaired) electrons. The van der Waals surface area contributed by atoms with Gasteiger partial charge in [0.05, 0.1) is 30.1 Å². The van der Waals surface area contributed by atoms with Crippen LogP contribution < -0.4 is 10.2 Å². The third kappa shape index (κ3) is 6.69. The van der Waals surface area contributed by atoms with Crippen molar-refractivity contribution < 1.29 is 9.53 Å². The lowest BCUT2D eigenvalue weighted by Gasteiger charge is -2.38. The van der Waals surface area contributed by atoms with Crippen molar-refractivity contribution in [3.63, 3.8) is 0 Å². The fourth-order valence-corrected chi connectivity index (χ4v) is 4.79. The van der Waals surface area contributed by atoms with E-state index in [1.165, 1.54) is 4.88 Å². The number of para-hydroxylation sites is 2. The number of carbonyl (C=O) groups is 1. The fourth-order valence-electron chi connectivity index (χ4n) is 4.07. The molecule has 3 rings (SSSR count). The minimum atomic E-state index is -0.0534. The Balaban J connectivity index is 1.74. The number of rotatable bonds is 9. The molecule has 1 aliphatic heterocycles. The van der Waals surface area contributed by atoms with Crippen LogP contribution in [0.15, 0.2) is 41.8 Å². The van der Waals surface area contributed by atoms with Crippen molar-refractivity contribution in [2.75, 3.05) is 49.5 Å². The number of nitrogens with zero attached hydrogens (tertiary/aromatic N) is 3. The smallest absolute Gasteiger partial charge is 0.322 e. The van der Waals surface area contributed by atoms with Gasteiger partial charge in [0.1, 0.15) is 0 Å². The molecule has 2 aromatic rings. The summed E-state index contributed by atoms with van der Waals surface area (Å²) < 4.78 is 5.89. The number of hydrogen-bond donors (Lipinski definition) is 1. The van der Waals surface area contributed by atoms with Crippen molar-refractivity contribution in [2.24, 2.45) is 0 Å². The van der Waals surface area contributed by atoms with Crippen LogP contribution in [0, 0.1) is 0 Å². The molecule has 31 heavy (non-hydrogen) atoms. The normalized spacial score (nSPS) is 18.9. The third-order valence-electron chi connectivity index (χ3n) is 5.70. The summed E-state index contributed by atoms with van der Waals surface area (Å²) in [6.07, 6.45) is 0.328. The number of nitrogens with one attached hydrogen (secondary N) is 1. The number of amides is 2. The first-order valence-electron chi connectivity index (χ1n) is 11.3. The zero-order valence-electron chi connectivity index (χ0n) is 19.2. The number of anilines is 2. The van der Waals surface area contributed by atoms with Gasteiger partial charge in [-0.05, 0) is 50.5 Å². The molecule has 2 atom stereocenters. The quantitative estimate of drug-likeness (QED) is 0.607. The van der Waals surface area contributed by atoms with Gasteiger partial charge in [0, 0.05) is 31.1 Å². The van der Waals surface area contributed by atoms with Gasteiger partial charge in [-0.2, -0.15) is 0 Å². The van der Waals surface area contributed by atoms with Crippen molar-refractivity contribution in [1.82, 2.24) is 9.80 Å². The Morgan fingerprint density at radius 2 is 1.81 bits per heavy atom. The molecule has 6 nitrogen and oxygen atoms in total. The minimum absolute atomic E-state index is 0.0534. The Kier molecular flexibility index (Phi) is 8.75. The third-order valence-corrected chi connectivity index (χ3v) is 6.56. The van der Waals surface area contributed by atoms with Crippen LogP contribution in [0.3, 0.4) is 0 Å². The summed E-state index contributed by atoms with van der Waals surface area (Å²) in [6, 6.07) is 12.2. The highest BCUT2D eigenvalue weighted by molar-refractivity contribution is 7.09. The number of ether oxygens (including phenoxy) is 1. The van der Waals surface area contributed by atoms with E-state index in [9.17, 15) is 4.79 Å². The van der Waals surface area contributed by atoms with Crippen molar-refractivity contribution in [3.05, 3.63) is 46.7 Å². The van der Waals surface area contributed by atoms with Gasteiger partial charge in [0.2, 0.25) is 0 Å². The Morgan fingerprint density at radius 3 is 2.45 bits per heavy atom. The van der Waals surface area contributed by atoms with Gasteiger partial charge in [0.25, 0.3) is 0 Å². The van der Waals surface area contributed by atoms with E-state index in [1.807, 2.05) is 29.2 Å². The summed E-state index contributed by atoms with van der Waals surface area (Å²) in [5.74, 6) is 0. The molecule has 1 fully saturated rings. The number of benzene rings is 1. The molecule has 0 spiro atoms. The zero-order chi connectivity index (χ0) is 22.2. The molecule has 1 aromatic carbocycles. The van der Waals surface area contributed by atoms with E-state index in [2.05, 4.69) is 60.3 Å². The van der Waals surface area contributed by atoms with Crippen molar-refractivity contribution in [2.45, 2.75) is 46.4 Å². The molecule has 1 saturated heterocycles. The van der Waals surface area contributed by atoms with Crippen LogP contribution in [0.25, 0.3) is 0 Å². The second kappa shape index (κ2) is 11.5. The van der Waals surface area contributed by atoms with Crippen LogP contribution >= 0.6 is 11.3 Å². The average Bonchev–Trinajstić information content (AvgIpc) is 3.26. The van der Waals surface area contributed by atoms with Gasteiger partial charge in [0.15, 0.2) is 0 Å². The van der Waals surface area contributed by atoms with Gasteiger partial charge < -0.3 is 24.8 Å². The molecule has 2 heterocycles. The van der Waals surface area contributed by atoms with E-state index in [1.54, 1.807) is 11.3 Å². The number of thiophene rings is 1. The predicted molar refractivity (Wildman–Crippen MR) is 130 cm³/mol. The monoisotopic (exact) mass is 444 g/mol. The minimum Gasteiger partial charge on any atom is -0.372 e. The van der Waals surface area contributed by atoms with Crippen LogP contribution in [0.5, 0.6) is 0 Å². The van der Waals surface area contributed by atoms with Crippen LogP contribution in [-0.2, 0) is 11.3 Å². The summed E-state index contributed by atoms with van der Waals surface area (Å²) in [6.45, 7) is 14.3. The maximum atomic E-state index is 13.3. The van der Waals surface area contributed by atoms with Gasteiger partial charge in [-0.3, -0.25) is 0 Å². The molecule has 2 amide bonds. The molecule has 1 aromatic heterocycles. The highest BCUT2D eigenvalue weighted by atomic mass is 32.1. The van der Waals surface area contributed by atoms with Crippen molar-refractivity contribution >= 4 is 28.7 Å². The molecule has 0 saturated carbocycles. The number of hydrogen-bond acceptors (Lipinski definition) is 5. The largest absolute Gasteiger partial charge is 0.372 e. The first kappa shape index (κ1) is 23.6. The van der Waals surface area contributed by atoms with Crippen molar-refractivity contribution in [3.8, 4) is 0 Å². The summed E-state index contributed by atoms with van der Waals surface area (Å²) in [7, 11) is 0. The lowest BCUT2D eigenvalue weighted by molar-refractivity contribution is -0.00517. The predicted octanol–water partition coefficient (Wildman–Crippen LogP) is 4.74. The SMILES string of the molecule is CCN(CC)CCN(Cc1cccs1)C(=O)Nc1ccccc1N1CC(C)OC(C)C1. The number of likely N-dealkylation sites (N-methyl/N-ethyl adjacent to an activating group) is 1. The maximum Gasteiger partial charge on any atom is 0.322 e. The fraction of sp³-hybridized carbons (Fsp3) is 0.542. The van der Waals surface area contributed by atoms with Gasteiger partial charge in [-0.25, -0.2) is 4.79 Å². The lowest BCUT2D eigenvalue weighted by Crippen LogP contribution is -2.46. The van der Waals surface area contributed by atoms with E-state index < -0.39 is 0 Å². The Morgan fingerprint density at radius 1 is 1.10 bits per heavy atom. The first-order valence-corrected chi connectivity index (χ1v) is 12.2. The molecule has 1 N–H and O–H groups in total. The topological polar surface area (TPSA) is 48.0 Å². The summed E-state index contributed by atoms with van der Waals surface area (Å²) in [4.78, 5) is 21.1. The van der Waals surface area contributed by atoms with Gasteiger partial charge in [-0.15, -0.1) is 11.3 Å². The Labute approximate surface area is 190 Å². The van der Waals surface area contributed by atoms with E-state index in [4.69, 9.17) is 4.74 Å². The summed E-state index contributed by atoms with van der Waals surface area (Å²) in [5, 5.41) is 5.26. The first-order chi connectivity index (χ1) is 15.0. The highest BCUT2D eigenvalue weighted by Gasteiger charge is 2.25. The highest BCUT2D eigenvalue weighted by Crippen LogP contribution is 2.29. The second-order valence-electron chi connectivity index (χ2n) is 8.14. The molecular weight excluding hydrogens is 408 g/mol. The molecule has 0 bridgehead atoms. The molecule has 0 aliphatic carbocycles. The van der Waals surface area contributed by atoms with Crippen LogP contribution in [0.4, 0.5) is 16.2 Å². The number of morpholine rings is 1. The van der Waals surface area contributed by atoms with Crippen LogP contribution in [0.2, 0.25) is 0 Å². The molecule has 170 valence electrons. The molecule has 7 heteroatoms. The Bertz CT molecular complexity index is 800. The van der Waals surface area contributed by atoms with E-state index >= 15 is 0 Å².